The Balaban J connectivity index is 1.49. The van der Waals surface area contributed by atoms with Gasteiger partial charge in [-0.2, -0.15) is 0 Å². The van der Waals surface area contributed by atoms with Crippen LogP contribution in [-0.4, -0.2) is 15.9 Å². The largest absolute Gasteiger partial charge is 0.512 e. The van der Waals surface area contributed by atoms with Crippen molar-refractivity contribution in [1.29, 1.82) is 0 Å². The maximum atomic E-state index is 11.0. The molecule has 3 aromatic carbocycles. The van der Waals surface area contributed by atoms with Gasteiger partial charge in [0.15, 0.2) is 5.78 Å². The van der Waals surface area contributed by atoms with Crippen LogP contribution >= 0.6 is 0 Å². The normalized spacial score (nSPS) is 11.6. The summed E-state index contributed by atoms with van der Waals surface area (Å²) in [5, 5.41) is 12.1. The van der Waals surface area contributed by atoms with Crippen LogP contribution in [0.5, 0.6) is 0 Å². The number of ketones is 1. The number of carbonyl (C=O) groups excluding carboxylic acids is 1. The van der Waals surface area contributed by atoms with Crippen LogP contribution in [0.3, 0.4) is 0 Å². The van der Waals surface area contributed by atoms with Crippen molar-refractivity contribution in [2.45, 2.75) is 32.6 Å². The maximum Gasteiger partial charge on any atom is 0.155 e. The molecule has 0 aliphatic rings. The number of aliphatic hydroxyl groups excluding tert-OH is 1. The van der Waals surface area contributed by atoms with E-state index in [2.05, 4.69) is 65.6 Å². The van der Waals surface area contributed by atoms with E-state index >= 15 is 0 Å². The van der Waals surface area contributed by atoms with Crippen LogP contribution in [0.4, 0.5) is 0 Å². The summed E-state index contributed by atoms with van der Waals surface area (Å²) in [5.74, 6) is 0.0430. The molecule has 0 bridgehead atoms. The zero-order valence-electron chi connectivity index (χ0n) is 18.3. The lowest BCUT2D eigenvalue weighted by molar-refractivity contribution is -0.112. The van der Waals surface area contributed by atoms with E-state index in [9.17, 15) is 9.90 Å². The SMILES string of the molecule is CC(=O)C=C(O)CCCc1ccc(Cc2cccc3c(-c4ccccc4)nccc23)cc1. The summed E-state index contributed by atoms with van der Waals surface area (Å²) in [6.07, 6.45) is 6.26. The summed E-state index contributed by atoms with van der Waals surface area (Å²) in [6, 6.07) is 27.5. The highest BCUT2D eigenvalue weighted by atomic mass is 16.3. The van der Waals surface area contributed by atoms with Crippen LogP contribution in [0.15, 0.2) is 96.9 Å². The summed E-state index contributed by atoms with van der Waals surface area (Å²) in [6.45, 7) is 1.45. The Hall–Kier alpha value is -3.72. The molecule has 0 fully saturated rings. The topological polar surface area (TPSA) is 50.2 Å². The van der Waals surface area contributed by atoms with E-state index in [1.807, 2.05) is 24.4 Å². The van der Waals surface area contributed by atoms with Crippen molar-refractivity contribution >= 4 is 16.6 Å². The van der Waals surface area contributed by atoms with Gasteiger partial charge in [-0.15, -0.1) is 0 Å². The van der Waals surface area contributed by atoms with E-state index in [-0.39, 0.29) is 11.5 Å². The van der Waals surface area contributed by atoms with Gasteiger partial charge < -0.3 is 5.11 Å². The number of hydrogen-bond acceptors (Lipinski definition) is 3. The molecular weight excluding hydrogens is 394 g/mol. The van der Waals surface area contributed by atoms with E-state index < -0.39 is 0 Å². The number of nitrogens with zero attached hydrogens (tertiary/aromatic N) is 1. The van der Waals surface area contributed by atoms with E-state index in [0.717, 1.165) is 30.5 Å². The zero-order valence-corrected chi connectivity index (χ0v) is 18.3. The molecule has 0 saturated carbocycles. The molecule has 160 valence electrons. The lowest BCUT2D eigenvalue weighted by Gasteiger charge is -2.11. The van der Waals surface area contributed by atoms with Gasteiger partial charge >= 0.3 is 0 Å². The molecule has 0 radical (unpaired) electrons. The molecule has 3 heteroatoms. The van der Waals surface area contributed by atoms with Gasteiger partial charge in [-0.25, -0.2) is 0 Å². The van der Waals surface area contributed by atoms with Gasteiger partial charge in [-0.3, -0.25) is 9.78 Å². The molecule has 32 heavy (non-hydrogen) atoms. The Kier molecular flexibility index (Phi) is 6.76. The molecule has 0 spiro atoms. The third-order valence-corrected chi connectivity index (χ3v) is 5.63. The third-order valence-electron chi connectivity index (χ3n) is 5.63. The third kappa shape index (κ3) is 5.30. The summed E-state index contributed by atoms with van der Waals surface area (Å²) in [4.78, 5) is 15.7. The fourth-order valence-corrected chi connectivity index (χ4v) is 4.08. The van der Waals surface area contributed by atoms with Crippen LogP contribution in [-0.2, 0) is 17.6 Å². The molecule has 1 heterocycles. The summed E-state index contributed by atoms with van der Waals surface area (Å²) >= 11 is 0. The molecule has 0 aliphatic heterocycles. The molecular formula is C29H27NO2. The Morgan fingerprint density at radius 1 is 0.875 bits per heavy atom. The standard InChI is InChI=1S/C29H27NO2/c1-21(31)19-26(32)11-5-7-22-13-15-23(16-14-22)20-25-10-6-12-28-27(25)17-18-30-29(28)24-8-3-2-4-9-24/h2-4,6,8-10,12-19,32H,5,7,11,20H2,1H3. The smallest absolute Gasteiger partial charge is 0.155 e. The summed E-state index contributed by atoms with van der Waals surface area (Å²) < 4.78 is 0. The second-order valence-electron chi connectivity index (χ2n) is 8.13. The van der Waals surface area contributed by atoms with Gasteiger partial charge in [0.2, 0.25) is 0 Å². The number of fused-ring (bicyclic) bond motifs is 1. The quantitative estimate of drug-likeness (QED) is 0.250. The molecule has 4 aromatic rings. The number of allylic oxidation sites excluding steroid dienone is 2. The fourth-order valence-electron chi connectivity index (χ4n) is 4.08. The summed E-state index contributed by atoms with van der Waals surface area (Å²) in [5.41, 5.74) is 5.93. The van der Waals surface area contributed by atoms with Crippen molar-refractivity contribution in [3.63, 3.8) is 0 Å². The first-order valence-electron chi connectivity index (χ1n) is 11.0. The highest BCUT2D eigenvalue weighted by molar-refractivity contribution is 5.96. The van der Waals surface area contributed by atoms with E-state index in [1.54, 1.807) is 0 Å². The lowest BCUT2D eigenvalue weighted by atomic mass is 9.95. The summed E-state index contributed by atoms with van der Waals surface area (Å²) in [7, 11) is 0. The molecule has 4 rings (SSSR count). The first kappa shape index (κ1) is 21.5. The van der Waals surface area contributed by atoms with E-state index in [0.29, 0.717) is 6.42 Å². The van der Waals surface area contributed by atoms with Crippen LogP contribution in [0.1, 0.15) is 36.5 Å². The second-order valence-corrected chi connectivity index (χ2v) is 8.13. The number of aryl methyl sites for hydroxylation is 1. The average molecular weight is 422 g/mol. The van der Waals surface area contributed by atoms with Crippen molar-refractivity contribution in [3.05, 3.63) is 114 Å². The fraction of sp³-hybridized carbons (Fsp3) is 0.172. The van der Waals surface area contributed by atoms with Crippen LogP contribution in [0, 0.1) is 0 Å². The van der Waals surface area contributed by atoms with Gasteiger partial charge in [-0.1, -0.05) is 72.8 Å². The highest BCUT2D eigenvalue weighted by Gasteiger charge is 2.09. The van der Waals surface area contributed by atoms with E-state index in [1.165, 1.54) is 40.5 Å². The predicted molar refractivity (Wildman–Crippen MR) is 131 cm³/mol. The predicted octanol–water partition coefficient (Wildman–Crippen LogP) is 6.85. The molecule has 0 atom stereocenters. The number of aromatic nitrogens is 1. The Morgan fingerprint density at radius 2 is 1.62 bits per heavy atom. The maximum absolute atomic E-state index is 11.0. The van der Waals surface area contributed by atoms with Gasteiger partial charge in [0.25, 0.3) is 0 Å². The van der Waals surface area contributed by atoms with Crippen molar-refractivity contribution < 1.29 is 9.90 Å². The van der Waals surface area contributed by atoms with Gasteiger partial charge in [0, 0.05) is 29.6 Å². The first-order valence-corrected chi connectivity index (χ1v) is 11.0. The monoisotopic (exact) mass is 421 g/mol. The minimum absolute atomic E-state index is 0.119. The molecule has 1 aromatic heterocycles. The van der Waals surface area contributed by atoms with Crippen molar-refractivity contribution in [2.75, 3.05) is 0 Å². The number of hydrogen-bond donors (Lipinski definition) is 1. The highest BCUT2D eigenvalue weighted by Crippen LogP contribution is 2.29. The molecule has 0 saturated heterocycles. The number of benzene rings is 3. The van der Waals surface area contributed by atoms with Crippen LogP contribution in [0.2, 0.25) is 0 Å². The lowest BCUT2D eigenvalue weighted by Crippen LogP contribution is -1.94. The van der Waals surface area contributed by atoms with Crippen molar-refractivity contribution in [3.8, 4) is 11.3 Å². The van der Waals surface area contributed by atoms with Crippen molar-refractivity contribution in [2.24, 2.45) is 0 Å². The Bertz CT molecular complexity index is 1240. The molecule has 0 unspecified atom stereocenters. The number of aliphatic hydroxyl groups is 1. The number of carbonyl (C=O) groups is 1. The average Bonchev–Trinajstić information content (AvgIpc) is 2.80. The van der Waals surface area contributed by atoms with Gasteiger partial charge in [0.05, 0.1) is 11.5 Å². The van der Waals surface area contributed by atoms with Crippen LogP contribution < -0.4 is 0 Å². The molecule has 3 nitrogen and oxygen atoms in total. The minimum atomic E-state index is -0.119. The minimum Gasteiger partial charge on any atom is -0.512 e. The molecule has 1 N–H and O–H groups in total. The number of pyridine rings is 1. The number of rotatable bonds is 8. The van der Waals surface area contributed by atoms with Gasteiger partial charge in [-0.05, 0) is 54.3 Å². The van der Waals surface area contributed by atoms with E-state index in [4.69, 9.17) is 0 Å². The molecule has 0 amide bonds. The Morgan fingerprint density at radius 3 is 2.38 bits per heavy atom. The van der Waals surface area contributed by atoms with Crippen LogP contribution in [0.25, 0.3) is 22.0 Å². The van der Waals surface area contributed by atoms with Crippen molar-refractivity contribution in [1.82, 2.24) is 4.98 Å². The van der Waals surface area contributed by atoms with Gasteiger partial charge in [0.1, 0.15) is 0 Å². The molecule has 0 aliphatic carbocycles. The Labute approximate surface area is 189 Å². The zero-order chi connectivity index (χ0) is 22.3. The first-order chi connectivity index (χ1) is 15.6. The second kappa shape index (κ2) is 10.1.